The molecule has 2 aromatic rings. The number of carbonyl (C=O) groups is 1. The van der Waals surface area contributed by atoms with E-state index >= 15 is 0 Å². The van der Waals surface area contributed by atoms with E-state index in [0.29, 0.717) is 0 Å². The van der Waals surface area contributed by atoms with Gasteiger partial charge in [-0.1, -0.05) is 42.5 Å². The largest absolute Gasteiger partial charge is 0.481 e. The fraction of sp³-hybridized carbons (Fsp3) is 0.0714. The Morgan fingerprint density at radius 3 is 2.59 bits per heavy atom. The Hall–Kier alpha value is -1.87. The van der Waals surface area contributed by atoms with E-state index in [4.69, 9.17) is 5.11 Å². The lowest BCUT2D eigenvalue weighted by atomic mass is 10.1. The van der Waals surface area contributed by atoms with Gasteiger partial charge in [0.05, 0.1) is 6.42 Å². The molecule has 1 aromatic heterocycles. The van der Waals surface area contributed by atoms with Gasteiger partial charge in [0.2, 0.25) is 0 Å². The summed E-state index contributed by atoms with van der Waals surface area (Å²) in [5.41, 5.74) is 2.21. The Balaban J connectivity index is 2.08. The summed E-state index contributed by atoms with van der Waals surface area (Å²) in [5, 5.41) is 10.6. The smallest absolute Gasteiger partial charge is 0.307 e. The summed E-state index contributed by atoms with van der Waals surface area (Å²) in [6.45, 7) is 0. The summed E-state index contributed by atoms with van der Waals surface area (Å²) in [6, 6.07) is 12.2. The average Bonchev–Trinajstić information content (AvgIpc) is 2.83. The van der Waals surface area contributed by atoms with Crippen LogP contribution in [0.25, 0.3) is 16.5 Å². The maximum Gasteiger partial charge on any atom is 0.307 e. The van der Waals surface area contributed by atoms with Crippen molar-refractivity contribution < 1.29 is 9.90 Å². The number of rotatable bonds is 4. The third-order valence-corrected chi connectivity index (χ3v) is 3.24. The lowest BCUT2D eigenvalue weighted by Crippen LogP contribution is -1.89. The van der Waals surface area contributed by atoms with Gasteiger partial charge in [-0.2, -0.15) is 0 Å². The van der Waals surface area contributed by atoms with Crippen LogP contribution in [0.2, 0.25) is 0 Å². The molecule has 0 spiro atoms. The third-order valence-electron chi connectivity index (χ3n) is 2.32. The lowest BCUT2D eigenvalue weighted by Gasteiger charge is -1.98. The normalized spacial score (nSPS) is 10.8. The predicted molar refractivity (Wildman–Crippen MR) is 71.0 cm³/mol. The fourth-order valence-electron chi connectivity index (χ4n) is 1.50. The number of hydrogen-bond acceptors (Lipinski definition) is 2. The van der Waals surface area contributed by atoms with Crippen LogP contribution < -0.4 is 0 Å². The number of carboxylic acids is 1. The zero-order chi connectivity index (χ0) is 12.1. The molecule has 0 radical (unpaired) electrons. The van der Waals surface area contributed by atoms with Crippen LogP contribution in [0, 0.1) is 0 Å². The molecule has 86 valence electrons. The first-order chi connectivity index (χ1) is 8.25. The van der Waals surface area contributed by atoms with Crippen molar-refractivity contribution in [2.75, 3.05) is 0 Å². The zero-order valence-corrected chi connectivity index (χ0v) is 9.98. The maximum absolute atomic E-state index is 10.3. The second-order valence-corrected chi connectivity index (χ2v) is 4.55. The number of thiophene rings is 1. The highest BCUT2D eigenvalue weighted by atomic mass is 32.1. The molecular weight excluding hydrogens is 232 g/mol. The Morgan fingerprint density at radius 2 is 2.00 bits per heavy atom. The molecule has 1 aromatic carbocycles. The monoisotopic (exact) mass is 244 g/mol. The summed E-state index contributed by atoms with van der Waals surface area (Å²) < 4.78 is 0. The van der Waals surface area contributed by atoms with Crippen LogP contribution in [0.15, 0.2) is 47.9 Å². The quantitative estimate of drug-likeness (QED) is 0.885. The summed E-state index contributed by atoms with van der Waals surface area (Å²) >= 11 is 1.71. The number of carboxylic acid groups (broad SMARTS) is 1. The van der Waals surface area contributed by atoms with Gasteiger partial charge < -0.3 is 5.11 Å². The van der Waals surface area contributed by atoms with Crippen LogP contribution in [0.4, 0.5) is 0 Å². The van der Waals surface area contributed by atoms with Gasteiger partial charge in [-0.15, -0.1) is 11.3 Å². The summed E-state index contributed by atoms with van der Waals surface area (Å²) in [5.74, 6) is -0.809. The van der Waals surface area contributed by atoms with E-state index in [1.807, 2.05) is 36.4 Å². The molecule has 0 saturated carbocycles. The van der Waals surface area contributed by atoms with Crippen molar-refractivity contribution in [2.24, 2.45) is 0 Å². The molecule has 0 saturated heterocycles. The van der Waals surface area contributed by atoms with E-state index < -0.39 is 5.97 Å². The molecule has 0 aliphatic rings. The van der Waals surface area contributed by atoms with Crippen molar-refractivity contribution in [3.05, 3.63) is 53.4 Å². The van der Waals surface area contributed by atoms with Gasteiger partial charge in [0.1, 0.15) is 0 Å². The van der Waals surface area contributed by atoms with Gasteiger partial charge in [0, 0.05) is 4.88 Å². The molecule has 1 N–H and O–H groups in total. The highest BCUT2D eigenvalue weighted by Gasteiger charge is 1.97. The maximum atomic E-state index is 10.3. The van der Waals surface area contributed by atoms with Gasteiger partial charge in [0.25, 0.3) is 0 Å². The minimum Gasteiger partial charge on any atom is -0.481 e. The van der Waals surface area contributed by atoms with Crippen LogP contribution in [-0.2, 0) is 4.79 Å². The highest BCUT2D eigenvalue weighted by molar-refractivity contribution is 7.13. The standard InChI is InChI=1S/C14H12O2S/c15-14(16)5-1-3-11-6-8-12(9-7-11)13-4-2-10-17-13/h1-4,6-10H,5H2,(H,15,16)/b3-1+. The summed E-state index contributed by atoms with van der Waals surface area (Å²) in [4.78, 5) is 11.6. The Kier molecular flexibility index (Phi) is 3.73. The molecule has 17 heavy (non-hydrogen) atoms. The first-order valence-electron chi connectivity index (χ1n) is 5.28. The van der Waals surface area contributed by atoms with Crippen LogP contribution in [0.1, 0.15) is 12.0 Å². The number of benzene rings is 1. The minimum absolute atomic E-state index is 0.0622. The molecule has 0 amide bonds. The van der Waals surface area contributed by atoms with Gasteiger partial charge in [-0.05, 0) is 22.6 Å². The van der Waals surface area contributed by atoms with Crippen molar-refractivity contribution in [1.82, 2.24) is 0 Å². The highest BCUT2D eigenvalue weighted by Crippen LogP contribution is 2.24. The molecule has 2 nitrogen and oxygen atoms in total. The van der Waals surface area contributed by atoms with E-state index in [2.05, 4.69) is 11.4 Å². The zero-order valence-electron chi connectivity index (χ0n) is 9.17. The molecular formula is C14H12O2S. The molecule has 1 heterocycles. The topological polar surface area (TPSA) is 37.3 Å². The van der Waals surface area contributed by atoms with Crippen LogP contribution >= 0.6 is 11.3 Å². The van der Waals surface area contributed by atoms with Crippen LogP contribution in [0.3, 0.4) is 0 Å². The summed E-state index contributed by atoms with van der Waals surface area (Å²) in [6.07, 6.45) is 3.54. The van der Waals surface area contributed by atoms with Crippen molar-refractivity contribution in [3.63, 3.8) is 0 Å². The van der Waals surface area contributed by atoms with Gasteiger partial charge in [-0.25, -0.2) is 0 Å². The van der Waals surface area contributed by atoms with Crippen molar-refractivity contribution in [1.29, 1.82) is 0 Å². The first kappa shape index (κ1) is 11.6. The molecule has 0 atom stereocenters. The fourth-order valence-corrected chi connectivity index (χ4v) is 2.23. The second-order valence-electron chi connectivity index (χ2n) is 3.60. The van der Waals surface area contributed by atoms with E-state index in [1.165, 1.54) is 10.4 Å². The molecule has 0 aliphatic heterocycles. The molecule has 0 bridgehead atoms. The van der Waals surface area contributed by atoms with Crippen LogP contribution in [-0.4, -0.2) is 11.1 Å². The van der Waals surface area contributed by atoms with E-state index in [9.17, 15) is 4.79 Å². The van der Waals surface area contributed by atoms with Gasteiger partial charge in [-0.3, -0.25) is 4.79 Å². The van der Waals surface area contributed by atoms with E-state index in [0.717, 1.165) is 5.56 Å². The molecule has 0 fully saturated rings. The molecule has 3 heteroatoms. The lowest BCUT2D eigenvalue weighted by molar-refractivity contribution is -0.135. The molecule has 0 aliphatic carbocycles. The van der Waals surface area contributed by atoms with E-state index in [-0.39, 0.29) is 6.42 Å². The Labute approximate surface area is 104 Å². The van der Waals surface area contributed by atoms with E-state index in [1.54, 1.807) is 17.4 Å². The second kappa shape index (κ2) is 5.46. The minimum atomic E-state index is -0.809. The van der Waals surface area contributed by atoms with Crippen molar-refractivity contribution >= 4 is 23.4 Å². The van der Waals surface area contributed by atoms with Crippen LogP contribution in [0.5, 0.6) is 0 Å². The Bertz CT molecular complexity index is 510. The SMILES string of the molecule is O=C(O)C/C=C/c1ccc(-c2cccs2)cc1. The molecule has 0 unspecified atom stereocenters. The number of hydrogen-bond donors (Lipinski definition) is 1. The average molecular weight is 244 g/mol. The number of aliphatic carboxylic acids is 1. The molecule has 2 rings (SSSR count). The van der Waals surface area contributed by atoms with Crippen molar-refractivity contribution in [3.8, 4) is 10.4 Å². The Morgan fingerprint density at radius 1 is 1.24 bits per heavy atom. The van der Waals surface area contributed by atoms with Crippen molar-refractivity contribution in [2.45, 2.75) is 6.42 Å². The first-order valence-corrected chi connectivity index (χ1v) is 6.16. The summed E-state index contributed by atoms with van der Waals surface area (Å²) in [7, 11) is 0. The van der Waals surface area contributed by atoms with Gasteiger partial charge in [0.15, 0.2) is 0 Å². The third kappa shape index (κ3) is 3.29. The van der Waals surface area contributed by atoms with Gasteiger partial charge >= 0.3 is 5.97 Å². The predicted octanol–water partition coefficient (Wildman–Crippen LogP) is 3.90.